The number of fused-ring (bicyclic) bond motifs is 1. The lowest BCUT2D eigenvalue weighted by Gasteiger charge is -2.35. The molecule has 1 aliphatic heterocycles. The van der Waals surface area contributed by atoms with Gasteiger partial charge in [0.25, 0.3) is 0 Å². The number of carbonyl (C=O) groups excluding carboxylic acids is 1. The Morgan fingerprint density at radius 2 is 1.77 bits per heavy atom. The van der Waals surface area contributed by atoms with E-state index < -0.39 is 45.3 Å². The molecule has 0 aliphatic carbocycles. The van der Waals surface area contributed by atoms with Gasteiger partial charge in [-0.1, -0.05) is 36.4 Å². The molecule has 248 valence electrons. The van der Waals surface area contributed by atoms with Gasteiger partial charge in [0.05, 0.1) is 23.6 Å². The smallest absolute Gasteiger partial charge is 0.244 e. The van der Waals surface area contributed by atoms with Crippen molar-refractivity contribution < 1.29 is 26.4 Å². The Kier molecular flexibility index (Phi) is 9.86. The first-order chi connectivity index (χ1) is 23.1. The summed E-state index contributed by atoms with van der Waals surface area (Å²) < 4.78 is 72.4. The van der Waals surface area contributed by atoms with Gasteiger partial charge in [-0.3, -0.25) is 14.8 Å². The molecule has 3 heterocycles. The molecule has 2 aromatic heterocycles. The van der Waals surface area contributed by atoms with Crippen LogP contribution in [0.5, 0.6) is 0 Å². The minimum atomic E-state index is -3.92. The summed E-state index contributed by atoms with van der Waals surface area (Å²) in [6.45, 7) is 2.79. The number of hydrogen-bond acceptors (Lipinski definition) is 6. The summed E-state index contributed by atoms with van der Waals surface area (Å²) in [6.07, 6.45) is 4.00. The van der Waals surface area contributed by atoms with Crippen molar-refractivity contribution in [2.24, 2.45) is 0 Å². The standard InChI is InChI=1S/C36H34F3N5O3S/c1-23-14-26(16-28(38)15-23)32(24-6-8-27(37)9-7-24)18-36(45)43-35-22-41-21-33(39)31(35)11-10-29-19-40-12-13-44(29)48(46,47)30-17-25-4-2-3-5-34(25)42-20-30/h2-9,14-17,20-22,29,32,40H,10-13,18-19H2,1H3,(H,43,45)/t29-,32-/m0/s1. The zero-order valence-electron chi connectivity index (χ0n) is 26.2. The van der Waals surface area contributed by atoms with E-state index in [2.05, 4.69) is 20.6 Å². The van der Waals surface area contributed by atoms with Crippen molar-refractivity contribution in [3.8, 4) is 0 Å². The van der Waals surface area contributed by atoms with E-state index in [0.29, 0.717) is 40.7 Å². The van der Waals surface area contributed by atoms with Crippen molar-refractivity contribution in [3.63, 3.8) is 0 Å². The fourth-order valence-electron chi connectivity index (χ4n) is 6.24. The number of carbonyl (C=O) groups is 1. The Hall–Kier alpha value is -4.65. The van der Waals surface area contributed by atoms with E-state index in [4.69, 9.17) is 0 Å². The minimum absolute atomic E-state index is 0.0837. The van der Waals surface area contributed by atoms with Crippen LogP contribution in [-0.2, 0) is 21.2 Å². The number of rotatable bonds is 10. The second-order valence-electron chi connectivity index (χ2n) is 11.9. The van der Waals surface area contributed by atoms with E-state index in [0.717, 1.165) is 6.20 Å². The fraction of sp³-hybridized carbons (Fsp3) is 0.250. The van der Waals surface area contributed by atoms with Crippen molar-refractivity contribution >= 4 is 32.5 Å². The molecule has 2 atom stereocenters. The molecule has 48 heavy (non-hydrogen) atoms. The van der Waals surface area contributed by atoms with Gasteiger partial charge in [0.1, 0.15) is 22.3 Å². The Morgan fingerprint density at radius 3 is 2.56 bits per heavy atom. The lowest BCUT2D eigenvalue weighted by Crippen LogP contribution is -2.53. The maximum atomic E-state index is 15.3. The first-order valence-electron chi connectivity index (χ1n) is 15.6. The number of piperazine rings is 1. The number of nitrogens with zero attached hydrogens (tertiary/aromatic N) is 3. The number of hydrogen-bond donors (Lipinski definition) is 2. The summed E-state index contributed by atoms with van der Waals surface area (Å²) >= 11 is 0. The monoisotopic (exact) mass is 673 g/mol. The highest BCUT2D eigenvalue weighted by Crippen LogP contribution is 2.31. The second kappa shape index (κ2) is 14.2. The highest BCUT2D eigenvalue weighted by Gasteiger charge is 2.34. The summed E-state index contributed by atoms with van der Waals surface area (Å²) in [7, 11) is -3.92. The van der Waals surface area contributed by atoms with Gasteiger partial charge >= 0.3 is 0 Å². The van der Waals surface area contributed by atoms with Gasteiger partial charge in [0.2, 0.25) is 15.9 Å². The van der Waals surface area contributed by atoms with Gasteiger partial charge in [-0.05, 0) is 72.9 Å². The fourth-order valence-corrected chi connectivity index (χ4v) is 7.88. The molecule has 0 unspecified atom stereocenters. The highest BCUT2D eigenvalue weighted by molar-refractivity contribution is 7.89. The third-order valence-electron chi connectivity index (χ3n) is 8.60. The van der Waals surface area contributed by atoms with Gasteiger partial charge in [-0.2, -0.15) is 4.31 Å². The molecule has 0 saturated carbocycles. The number of benzene rings is 3. The number of amides is 1. The maximum absolute atomic E-state index is 15.3. The Balaban J connectivity index is 1.21. The third kappa shape index (κ3) is 7.40. The topological polar surface area (TPSA) is 104 Å². The van der Waals surface area contributed by atoms with E-state index in [1.165, 1.54) is 41.0 Å². The lowest BCUT2D eigenvalue weighted by atomic mass is 9.87. The zero-order valence-corrected chi connectivity index (χ0v) is 27.0. The van der Waals surface area contributed by atoms with Crippen molar-refractivity contribution in [2.45, 2.75) is 43.0 Å². The van der Waals surface area contributed by atoms with Gasteiger partial charge in [0.15, 0.2) is 0 Å². The van der Waals surface area contributed by atoms with Gasteiger partial charge in [0, 0.05) is 55.2 Å². The van der Waals surface area contributed by atoms with Crippen LogP contribution in [0.15, 0.2) is 96.3 Å². The summed E-state index contributed by atoms with van der Waals surface area (Å²) in [5.41, 5.74) is 2.85. The average molecular weight is 674 g/mol. The Labute approximate surface area is 277 Å². The van der Waals surface area contributed by atoms with Crippen molar-refractivity contribution in [1.29, 1.82) is 0 Å². The number of para-hydroxylation sites is 1. The number of nitrogens with one attached hydrogen (secondary N) is 2. The quantitative estimate of drug-likeness (QED) is 0.186. The van der Waals surface area contributed by atoms with E-state index in [1.54, 1.807) is 37.3 Å². The third-order valence-corrected chi connectivity index (χ3v) is 10.5. The van der Waals surface area contributed by atoms with Crippen LogP contribution in [0.25, 0.3) is 10.9 Å². The van der Waals surface area contributed by atoms with Crippen LogP contribution in [0, 0.1) is 24.4 Å². The number of aryl methyl sites for hydroxylation is 1. The summed E-state index contributed by atoms with van der Waals surface area (Å²) in [6, 6.07) is 18.5. The van der Waals surface area contributed by atoms with Gasteiger partial charge in [-0.25, -0.2) is 21.6 Å². The molecule has 12 heteroatoms. The minimum Gasteiger partial charge on any atom is -0.324 e. The molecule has 6 rings (SSSR count). The molecule has 5 aromatic rings. The Morgan fingerprint density at radius 1 is 0.979 bits per heavy atom. The van der Waals surface area contributed by atoms with Crippen LogP contribution in [0.3, 0.4) is 0 Å². The normalized spacial score (nSPS) is 16.1. The molecule has 1 fully saturated rings. The number of pyridine rings is 2. The highest BCUT2D eigenvalue weighted by atomic mass is 32.2. The molecule has 3 aromatic carbocycles. The van der Waals surface area contributed by atoms with Crippen molar-refractivity contribution in [2.75, 3.05) is 25.0 Å². The molecule has 8 nitrogen and oxygen atoms in total. The van der Waals surface area contributed by atoms with Crippen LogP contribution < -0.4 is 10.6 Å². The predicted molar refractivity (Wildman–Crippen MR) is 177 cm³/mol. The zero-order chi connectivity index (χ0) is 33.8. The van der Waals surface area contributed by atoms with Crippen LogP contribution in [-0.4, -0.2) is 54.3 Å². The molecule has 2 N–H and O–H groups in total. The number of sulfonamides is 1. The molecule has 0 radical (unpaired) electrons. The van der Waals surface area contributed by atoms with E-state index in [1.807, 2.05) is 18.2 Å². The van der Waals surface area contributed by atoms with E-state index in [-0.39, 0.29) is 42.0 Å². The molecule has 0 spiro atoms. The number of anilines is 1. The van der Waals surface area contributed by atoms with Crippen LogP contribution in [0.4, 0.5) is 18.9 Å². The number of halogens is 3. The average Bonchev–Trinajstić information content (AvgIpc) is 3.07. The van der Waals surface area contributed by atoms with Crippen LogP contribution in [0.2, 0.25) is 0 Å². The lowest BCUT2D eigenvalue weighted by molar-refractivity contribution is -0.116. The molecule has 1 saturated heterocycles. The van der Waals surface area contributed by atoms with Crippen LogP contribution >= 0.6 is 0 Å². The SMILES string of the molecule is Cc1cc(F)cc([C@@H](CC(=O)Nc2cncc(F)c2CC[C@H]2CNCCN2S(=O)(=O)c2cnc3ccccc3c2)c2ccc(F)cc2)c1. The summed E-state index contributed by atoms with van der Waals surface area (Å²) in [5.74, 6) is -2.63. The Bertz CT molecular complexity index is 2040. The van der Waals surface area contributed by atoms with E-state index in [9.17, 15) is 22.0 Å². The van der Waals surface area contributed by atoms with Crippen molar-refractivity contribution in [3.05, 3.63) is 131 Å². The summed E-state index contributed by atoms with van der Waals surface area (Å²) in [4.78, 5) is 21.8. The molecule has 1 aliphatic rings. The molecular weight excluding hydrogens is 639 g/mol. The second-order valence-corrected chi connectivity index (χ2v) is 13.8. The van der Waals surface area contributed by atoms with Crippen LogP contribution in [0.1, 0.15) is 41.0 Å². The van der Waals surface area contributed by atoms with Crippen molar-refractivity contribution in [1.82, 2.24) is 19.6 Å². The first kappa shape index (κ1) is 33.3. The molecule has 1 amide bonds. The maximum Gasteiger partial charge on any atom is 0.244 e. The van der Waals surface area contributed by atoms with E-state index >= 15 is 4.39 Å². The largest absolute Gasteiger partial charge is 0.324 e. The molecule has 0 bridgehead atoms. The predicted octanol–water partition coefficient (Wildman–Crippen LogP) is 6.11. The number of aromatic nitrogens is 2. The van der Waals surface area contributed by atoms with Gasteiger partial charge < -0.3 is 10.6 Å². The summed E-state index contributed by atoms with van der Waals surface area (Å²) in [5, 5.41) is 6.71. The van der Waals surface area contributed by atoms with Gasteiger partial charge in [-0.15, -0.1) is 0 Å². The molecular formula is C36H34F3N5O3S. The first-order valence-corrected chi connectivity index (χ1v) is 17.0.